The first-order valence-electron chi connectivity index (χ1n) is 6.59. The van der Waals surface area contributed by atoms with Crippen LogP contribution >= 0.6 is 0 Å². The van der Waals surface area contributed by atoms with Crippen molar-refractivity contribution in [3.8, 4) is 11.5 Å². The summed E-state index contributed by atoms with van der Waals surface area (Å²) < 4.78 is 43.7. The van der Waals surface area contributed by atoms with Gasteiger partial charge in [0.25, 0.3) is 5.91 Å². The van der Waals surface area contributed by atoms with Gasteiger partial charge in [-0.1, -0.05) is 18.2 Å². The van der Waals surface area contributed by atoms with E-state index in [4.69, 9.17) is 9.57 Å². The predicted molar refractivity (Wildman–Crippen MR) is 77.1 cm³/mol. The Labute approximate surface area is 131 Å². The Morgan fingerprint density at radius 1 is 1.09 bits per heavy atom. The van der Waals surface area contributed by atoms with Crippen LogP contribution in [0, 0.1) is 0 Å². The molecule has 23 heavy (non-hydrogen) atoms. The molecule has 4 nitrogen and oxygen atoms in total. The van der Waals surface area contributed by atoms with Crippen LogP contribution in [0.4, 0.5) is 13.2 Å². The van der Waals surface area contributed by atoms with Crippen LogP contribution in [0.25, 0.3) is 0 Å². The number of ether oxygens (including phenoxy) is 1. The second kappa shape index (κ2) is 6.70. The SMILES string of the molecule is CON(C)C(=O)c1ccccc1Oc1cccc(C(F)(F)F)c1. The van der Waals surface area contributed by atoms with Gasteiger partial charge in [0.05, 0.1) is 18.2 Å². The van der Waals surface area contributed by atoms with Crippen LogP contribution in [0.3, 0.4) is 0 Å². The molecule has 1 amide bonds. The molecule has 2 aromatic carbocycles. The fraction of sp³-hybridized carbons (Fsp3) is 0.188. The molecule has 0 saturated carbocycles. The van der Waals surface area contributed by atoms with Crippen molar-refractivity contribution >= 4 is 5.91 Å². The summed E-state index contributed by atoms with van der Waals surface area (Å²) in [4.78, 5) is 17.0. The van der Waals surface area contributed by atoms with E-state index in [1.165, 1.54) is 38.4 Å². The van der Waals surface area contributed by atoms with E-state index in [9.17, 15) is 18.0 Å². The number of hydrogen-bond acceptors (Lipinski definition) is 3. The second-order valence-corrected chi connectivity index (χ2v) is 4.61. The third kappa shape index (κ3) is 4.01. The molecule has 0 spiro atoms. The average molecular weight is 325 g/mol. The molecule has 0 radical (unpaired) electrons. The minimum Gasteiger partial charge on any atom is -0.457 e. The molecule has 2 rings (SSSR count). The summed E-state index contributed by atoms with van der Waals surface area (Å²) in [6, 6.07) is 10.7. The number of amides is 1. The lowest BCUT2D eigenvalue weighted by atomic mass is 10.1. The monoisotopic (exact) mass is 325 g/mol. The molecule has 7 heteroatoms. The van der Waals surface area contributed by atoms with Crippen LogP contribution in [0.15, 0.2) is 48.5 Å². The molecule has 0 bridgehead atoms. The molecule has 0 atom stereocenters. The number of hydroxylamine groups is 2. The third-order valence-corrected chi connectivity index (χ3v) is 3.07. The Morgan fingerprint density at radius 3 is 2.43 bits per heavy atom. The van der Waals surface area contributed by atoms with Gasteiger partial charge in [-0.3, -0.25) is 9.63 Å². The molecule has 0 aliphatic rings. The maximum Gasteiger partial charge on any atom is 0.416 e. The molecule has 122 valence electrons. The lowest BCUT2D eigenvalue weighted by molar-refractivity contribution is -0.137. The molecule has 0 aliphatic heterocycles. The van der Waals surface area contributed by atoms with Crippen molar-refractivity contribution in [1.82, 2.24) is 5.06 Å². The quantitative estimate of drug-likeness (QED) is 0.793. The number of halogens is 3. The summed E-state index contributed by atoms with van der Waals surface area (Å²) >= 11 is 0. The maximum atomic E-state index is 12.7. The molecular formula is C16H14F3NO3. The third-order valence-electron chi connectivity index (χ3n) is 3.07. The van der Waals surface area contributed by atoms with Crippen LogP contribution in [-0.2, 0) is 11.0 Å². The number of carbonyl (C=O) groups is 1. The van der Waals surface area contributed by atoms with E-state index in [-0.39, 0.29) is 17.1 Å². The maximum absolute atomic E-state index is 12.7. The van der Waals surface area contributed by atoms with Gasteiger partial charge in [-0.25, -0.2) is 5.06 Å². The Kier molecular flexibility index (Phi) is 4.90. The number of hydrogen-bond donors (Lipinski definition) is 0. The smallest absolute Gasteiger partial charge is 0.416 e. The summed E-state index contributed by atoms with van der Waals surface area (Å²) in [6.07, 6.45) is -4.47. The van der Waals surface area contributed by atoms with E-state index in [0.717, 1.165) is 17.2 Å². The largest absolute Gasteiger partial charge is 0.457 e. The van der Waals surface area contributed by atoms with Crippen LogP contribution < -0.4 is 4.74 Å². The van der Waals surface area contributed by atoms with E-state index >= 15 is 0 Å². The lowest BCUT2D eigenvalue weighted by Crippen LogP contribution is -2.25. The standard InChI is InChI=1S/C16H14F3NO3/c1-20(22-2)15(21)13-8-3-4-9-14(13)23-12-7-5-6-11(10-12)16(17,18)19/h3-10H,1-2H3. The number of nitrogens with zero attached hydrogens (tertiary/aromatic N) is 1. The fourth-order valence-corrected chi connectivity index (χ4v) is 1.85. The van der Waals surface area contributed by atoms with Gasteiger partial charge < -0.3 is 4.74 Å². The Balaban J connectivity index is 2.33. The highest BCUT2D eigenvalue weighted by molar-refractivity contribution is 5.96. The van der Waals surface area contributed by atoms with E-state index < -0.39 is 17.6 Å². The van der Waals surface area contributed by atoms with Gasteiger partial charge in [0.2, 0.25) is 0 Å². The van der Waals surface area contributed by atoms with Crippen molar-refractivity contribution in [1.29, 1.82) is 0 Å². The minimum absolute atomic E-state index is 0.0138. The topological polar surface area (TPSA) is 38.8 Å². The molecule has 0 aromatic heterocycles. The van der Waals surface area contributed by atoms with Gasteiger partial charge in [-0.2, -0.15) is 13.2 Å². The number of para-hydroxylation sites is 1. The molecule has 0 fully saturated rings. The molecule has 0 heterocycles. The normalized spacial score (nSPS) is 11.2. The first-order chi connectivity index (χ1) is 10.8. The summed E-state index contributed by atoms with van der Waals surface area (Å²) in [7, 11) is 2.75. The number of benzene rings is 2. The van der Waals surface area contributed by atoms with Gasteiger partial charge in [0, 0.05) is 7.05 Å². The molecule has 0 saturated heterocycles. The minimum atomic E-state index is -4.47. The van der Waals surface area contributed by atoms with Crippen LogP contribution in [-0.4, -0.2) is 25.1 Å². The first kappa shape index (κ1) is 16.8. The first-order valence-corrected chi connectivity index (χ1v) is 6.59. The van der Waals surface area contributed by atoms with Crippen molar-refractivity contribution in [2.45, 2.75) is 6.18 Å². The van der Waals surface area contributed by atoms with Crippen molar-refractivity contribution in [3.63, 3.8) is 0 Å². The predicted octanol–water partition coefficient (Wildman–Crippen LogP) is 4.13. The molecule has 0 aliphatic carbocycles. The van der Waals surface area contributed by atoms with Crippen molar-refractivity contribution in [2.24, 2.45) is 0 Å². The molecule has 0 unspecified atom stereocenters. The van der Waals surface area contributed by atoms with Crippen molar-refractivity contribution in [3.05, 3.63) is 59.7 Å². The van der Waals surface area contributed by atoms with Gasteiger partial charge >= 0.3 is 6.18 Å². The molecular weight excluding hydrogens is 311 g/mol. The molecule has 0 N–H and O–H groups in total. The van der Waals surface area contributed by atoms with Crippen LogP contribution in [0.2, 0.25) is 0 Å². The summed E-state index contributed by atoms with van der Waals surface area (Å²) in [5.74, 6) is -0.351. The number of carbonyl (C=O) groups excluding carboxylic acids is 1. The summed E-state index contributed by atoms with van der Waals surface area (Å²) in [5.41, 5.74) is -0.651. The highest BCUT2D eigenvalue weighted by Crippen LogP contribution is 2.33. The lowest BCUT2D eigenvalue weighted by Gasteiger charge is -2.16. The number of rotatable bonds is 4. The van der Waals surface area contributed by atoms with Crippen molar-refractivity contribution in [2.75, 3.05) is 14.2 Å². The Morgan fingerprint density at radius 2 is 1.78 bits per heavy atom. The second-order valence-electron chi connectivity index (χ2n) is 4.61. The van der Waals surface area contributed by atoms with Gasteiger partial charge in [-0.05, 0) is 30.3 Å². The average Bonchev–Trinajstić information content (AvgIpc) is 2.53. The van der Waals surface area contributed by atoms with Crippen LogP contribution in [0.1, 0.15) is 15.9 Å². The zero-order valence-electron chi connectivity index (χ0n) is 12.4. The zero-order chi connectivity index (χ0) is 17.0. The van der Waals surface area contributed by atoms with Crippen LogP contribution in [0.5, 0.6) is 11.5 Å². The Bertz CT molecular complexity index is 701. The van der Waals surface area contributed by atoms with E-state index in [1.54, 1.807) is 12.1 Å². The molecule has 2 aromatic rings. The van der Waals surface area contributed by atoms with Gasteiger partial charge in [-0.15, -0.1) is 0 Å². The van der Waals surface area contributed by atoms with Gasteiger partial charge in [0.1, 0.15) is 11.5 Å². The zero-order valence-corrected chi connectivity index (χ0v) is 12.4. The highest BCUT2D eigenvalue weighted by atomic mass is 19.4. The highest BCUT2D eigenvalue weighted by Gasteiger charge is 2.30. The van der Waals surface area contributed by atoms with E-state index in [0.29, 0.717) is 0 Å². The van der Waals surface area contributed by atoms with E-state index in [1.807, 2.05) is 0 Å². The fourth-order valence-electron chi connectivity index (χ4n) is 1.85. The van der Waals surface area contributed by atoms with Crippen molar-refractivity contribution < 1.29 is 27.5 Å². The summed E-state index contributed by atoms with van der Waals surface area (Å²) in [5, 5.41) is 0.994. The van der Waals surface area contributed by atoms with E-state index in [2.05, 4.69) is 0 Å². The Hall–Kier alpha value is -2.54. The number of alkyl halides is 3. The summed E-state index contributed by atoms with van der Waals surface area (Å²) in [6.45, 7) is 0. The van der Waals surface area contributed by atoms with Gasteiger partial charge in [0.15, 0.2) is 0 Å².